The van der Waals surface area contributed by atoms with Gasteiger partial charge < -0.3 is 4.74 Å². The molecular weight excluding hydrogens is 210 g/mol. The molecule has 0 unspecified atom stereocenters. The number of rotatable bonds is 2. The van der Waals surface area contributed by atoms with Gasteiger partial charge in [0.2, 0.25) is 0 Å². The van der Waals surface area contributed by atoms with Crippen molar-refractivity contribution < 1.29 is 4.74 Å². The van der Waals surface area contributed by atoms with E-state index >= 15 is 0 Å². The number of methoxy groups -OCH3 is 1. The van der Waals surface area contributed by atoms with Crippen LogP contribution in [0.4, 0.5) is 0 Å². The molecule has 0 spiro atoms. The third-order valence-corrected chi connectivity index (χ3v) is 2.34. The fourth-order valence-electron chi connectivity index (χ4n) is 1.36. The maximum absolute atomic E-state index is 5.92. The first-order valence-electron chi connectivity index (χ1n) is 4.54. The summed E-state index contributed by atoms with van der Waals surface area (Å²) >= 11 is 5.92. The zero-order chi connectivity index (χ0) is 10.7. The number of pyridine rings is 1. The minimum atomic E-state index is 0.718. The second kappa shape index (κ2) is 4.32. The molecule has 0 aliphatic carbocycles. The number of ether oxygens (including phenoxy) is 1. The number of hydrogen-bond donors (Lipinski definition) is 0. The first kappa shape index (κ1) is 9.99. The molecule has 1 aromatic carbocycles. The van der Waals surface area contributed by atoms with E-state index in [1.165, 1.54) is 0 Å². The minimum absolute atomic E-state index is 0.718. The van der Waals surface area contributed by atoms with Crippen molar-refractivity contribution in [2.75, 3.05) is 7.11 Å². The predicted molar refractivity (Wildman–Crippen MR) is 61.2 cm³/mol. The van der Waals surface area contributed by atoms with E-state index in [0.717, 1.165) is 21.9 Å². The topological polar surface area (TPSA) is 22.1 Å². The van der Waals surface area contributed by atoms with Crippen molar-refractivity contribution in [2.45, 2.75) is 0 Å². The van der Waals surface area contributed by atoms with Crippen LogP contribution in [0.3, 0.4) is 0 Å². The molecule has 2 rings (SSSR count). The summed E-state index contributed by atoms with van der Waals surface area (Å²) < 4.78 is 5.11. The average Bonchev–Trinajstić information content (AvgIpc) is 2.29. The van der Waals surface area contributed by atoms with Gasteiger partial charge in [-0.1, -0.05) is 23.7 Å². The van der Waals surface area contributed by atoms with E-state index in [1.807, 2.05) is 30.3 Å². The Labute approximate surface area is 93.5 Å². The maximum atomic E-state index is 5.92. The highest BCUT2D eigenvalue weighted by molar-refractivity contribution is 6.30. The molecule has 0 saturated carbocycles. The fraction of sp³-hybridized carbons (Fsp3) is 0.0833. The van der Waals surface area contributed by atoms with E-state index in [0.29, 0.717) is 0 Å². The fourth-order valence-corrected chi connectivity index (χ4v) is 1.55. The summed E-state index contributed by atoms with van der Waals surface area (Å²) in [6.45, 7) is 0. The van der Waals surface area contributed by atoms with E-state index < -0.39 is 0 Å². The van der Waals surface area contributed by atoms with Gasteiger partial charge in [0.25, 0.3) is 0 Å². The Morgan fingerprint density at radius 3 is 2.73 bits per heavy atom. The molecule has 2 aromatic rings. The second-order valence-electron chi connectivity index (χ2n) is 3.12. The molecule has 76 valence electrons. The Kier molecular flexibility index (Phi) is 2.88. The van der Waals surface area contributed by atoms with Crippen molar-refractivity contribution in [1.82, 2.24) is 4.98 Å². The third-order valence-electron chi connectivity index (χ3n) is 2.11. The molecule has 1 heterocycles. The molecule has 0 aliphatic heterocycles. The van der Waals surface area contributed by atoms with E-state index in [2.05, 4.69) is 4.98 Å². The molecule has 2 nitrogen and oxygen atoms in total. The molecule has 1 aromatic heterocycles. The molecule has 0 aliphatic rings. The van der Waals surface area contributed by atoms with Gasteiger partial charge >= 0.3 is 0 Å². The smallest absolute Gasteiger partial charge is 0.137 e. The highest BCUT2D eigenvalue weighted by Gasteiger charge is 2.00. The number of halogens is 1. The lowest BCUT2D eigenvalue weighted by Crippen LogP contribution is -1.85. The van der Waals surface area contributed by atoms with Crippen LogP contribution in [0.5, 0.6) is 5.75 Å². The lowest BCUT2D eigenvalue weighted by molar-refractivity contribution is 0.413. The molecule has 3 heteroatoms. The summed E-state index contributed by atoms with van der Waals surface area (Å²) in [7, 11) is 1.62. The second-order valence-corrected chi connectivity index (χ2v) is 3.56. The molecule has 15 heavy (non-hydrogen) atoms. The largest absolute Gasteiger partial charge is 0.495 e. The Morgan fingerprint density at radius 2 is 2.00 bits per heavy atom. The van der Waals surface area contributed by atoms with Crippen molar-refractivity contribution in [1.29, 1.82) is 0 Å². The van der Waals surface area contributed by atoms with Gasteiger partial charge in [-0.3, -0.25) is 4.98 Å². The third kappa shape index (κ3) is 2.28. The summed E-state index contributed by atoms with van der Waals surface area (Å²) in [5, 5.41) is 0.718. The Morgan fingerprint density at radius 1 is 1.13 bits per heavy atom. The lowest BCUT2D eigenvalue weighted by Gasteiger charge is -2.04. The van der Waals surface area contributed by atoms with Gasteiger partial charge in [0, 0.05) is 16.8 Å². The molecule has 0 fully saturated rings. The molecule has 0 bridgehead atoms. The van der Waals surface area contributed by atoms with E-state index in [-0.39, 0.29) is 0 Å². The van der Waals surface area contributed by atoms with Crippen molar-refractivity contribution in [2.24, 2.45) is 0 Å². The first-order valence-corrected chi connectivity index (χ1v) is 4.92. The van der Waals surface area contributed by atoms with E-state index in [9.17, 15) is 0 Å². The van der Waals surface area contributed by atoms with Gasteiger partial charge in [0.15, 0.2) is 0 Å². The van der Waals surface area contributed by atoms with Gasteiger partial charge in [-0.05, 0) is 23.8 Å². The first-order chi connectivity index (χ1) is 7.29. The lowest BCUT2D eigenvalue weighted by atomic mass is 10.1. The predicted octanol–water partition coefficient (Wildman–Crippen LogP) is 3.41. The highest BCUT2D eigenvalue weighted by Crippen LogP contribution is 2.24. The molecular formula is C12H10ClNO. The summed E-state index contributed by atoms with van der Waals surface area (Å²) in [6, 6.07) is 9.58. The molecule has 0 atom stereocenters. The molecule has 0 N–H and O–H groups in total. The van der Waals surface area contributed by atoms with Crippen LogP contribution in [0.1, 0.15) is 0 Å². The van der Waals surface area contributed by atoms with Gasteiger partial charge in [-0.25, -0.2) is 0 Å². The number of benzene rings is 1. The molecule has 0 radical (unpaired) electrons. The van der Waals surface area contributed by atoms with Gasteiger partial charge in [0.1, 0.15) is 5.75 Å². The standard InChI is InChI=1S/C12H10ClNO/c1-15-12-6-10(7-14-8-12)9-3-2-4-11(13)5-9/h2-8H,1H3. The molecule has 0 amide bonds. The van der Waals surface area contributed by atoms with Crippen LogP contribution in [0.15, 0.2) is 42.7 Å². The maximum Gasteiger partial charge on any atom is 0.137 e. The Hall–Kier alpha value is -1.54. The van der Waals surface area contributed by atoms with Crippen molar-refractivity contribution >= 4 is 11.6 Å². The van der Waals surface area contributed by atoms with Crippen LogP contribution in [0.25, 0.3) is 11.1 Å². The SMILES string of the molecule is COc1cncc(-c2cccc(Cl)c2)c1. The van der Waals surface area contributed by atoms with Crippen molar-refractivity contribution in [3.8, 4) is 16.9 Å². The zero-order valence-corrected chi connectivity index (χ0v) is 9.03. The van der Waals surface area contributed by atoms with Crippen LogP contribution in [-0.4, -0.2) is 12.1 Å². The number of nitrogens with zero attached hydrogens (tertiary/aromatic N) is 1. The summed E-state index contributed by atoms with van der Waals surface area (Å²) in [6.07, 6.45) is 3.46. The van der Waals surface area contributed by atoms with Crippen LogP contribution in [-0.2, 0) is 0 Å². The monoisotopic (exact) mass is 219 g/mol. The molecule has 0 saturated heterocycles. The highest BCUT2D eigenvalue weighted by atomic mass is 35.5. The average molecular weight is 220 g/mol. The Bertz CT molecular complexity index is 471. The van der Waals surface area contributed by atoms with Crippen molar-refractivity contribution in [3.05, 3.63) is 47.7 Å². The Balaban J connectivity index is 2.44. The van der Waals surface area contributed by atoms with Gasteiger partial charge in [-0.2, -0.15) is 0 Å². The quantitative estimate of drug-likeness (QED) is 0.772. The normalized spacial score (nSPS) is 10.0. The summed E-state index contributed by atoms with van der Waals surface area (Å²) in [5.41, 5.74) is 2.03. The van der Waals surface area contributed by atoms with E-state index in [4.69, 9.17) is 16.3 Å². The van der Waals surface area contributed by atoms with E-state index in [1.54, 1.807) is 19.5 Å². The van der Waals surface area contributed by atoms with Crippen LogP contribution in [0.2, 0.25) is 5.02 Å². The van der Waals surface area contributed by atoms with Gasteiger partial charge in [-0.15, -0.1) is 0 Å². The van der Waals surface area contributed by atoms with Crippen LogP contribution in [0, 0.1) is 0 Å². The van der Waals surface area contributed by atoms with Crippen molar-refractivity contribution in [3.63, 3.8) is 0 Å². The summed E-state index contributed by atoms with van der Waals surface area (Å²) in [4.78, 5) is 4.09. The van der Waals surface area contributed by atoms with Crippen LogP contribution < -0.4 is 4.74 Å². The zero-order valence-electron chi connectivity index (χ0n) is 8.27. The number of aromatic nitrogens is 1. The van der Waals surface area contributed by atoms with Gasteiger partial charge in [0.05, 0.1) is 13.3 Å². The summed E-state index contributed by atoms with van der Waals surface area (Å²) in [5.74, 6) is 0.743. The minimum Gasteiger partial charge on any atom is -0.495 e. The van der Waals surface area contributed by atoms with Crippen LogP contribution >= 0.6 is 11.6 Å². The number of hydrogen-bond acceptors (Lipinski definition) is 2.